The van der Waals surface area contributed by atoms with E-state index in [-0.39, 0.29) is 24.4 Å². The standard InChI is InChI=1S/C21H18F5N7O/c1-10(21(24,25)26)30-18(34)15-9-29-33-3-2-11(4-16(15)33)13-7-27-17-14(13)8-28-19(32-17)31-12-5-20(22,23)6-12/h2-4,7-10,12H,5-6H2,1H3,(H,30,34)(H2,27,28,31,32). The van der Waals surface area contributed by atoms with E-state index in [2.05, 4.69) is 25.4 Å². The molecule has 4 heterocycles. The maximum atomic E-state index is 13.0. The van der Waals surface area contributed by atoms with Gasteiger partial charge in [0.15, 0.2) is 0 Å². The van der Waals surface area contributed by atoms with Gasteiger partial charge in [-0.05, 0) is 24.6 Å². The van der Waals surface area contributed by atoms with E-state index in [4.69, 9.17) is 0 Å². The minimum absolute atomic E-state index is 0.00201. The van der Waals surface area contributed by atoms with Gasteiger partial charge in [0, 0.05) is 48.4 Å². The molecule has 0 aliphatic heterocycles. The van der Waals surface area contributed by atoms with Crippen molar-refractivity contribution in [2.24, 2.45) is 0 Å². The number of aromatic amines is 1. The van der Waals surface area contributed by atoms with Crippen molar-refractivity contribution in [1.82, 2.24) is 29.9 Å². The summed E-state index contributed by atoms with van der Waals surface area (Å²) in [6.45, 7) is 0.862. The highest BCUT2D eigenvalue weighted by molar-refractivity contribution is 6.02. The second-order valence-corrected chi connectivity index (χ2v) is 8.30. The molecule has 0 saturated heterocycles. The summed E-state index contributed by atoms with van der Waals surface area (Å²) in [6, 6.07) is 0.949. The van der Waals surface area contributed by atoms with Gasteiger partial charge in [0.25, 0.3) is 11.8 Å². The Morgan fingerprint density at radius 1 is 1.29 bits per heavy atom. The smallest absolute Gasteiger partial charge is 0.351 e. The molecular formula is C21H18F5N7O. The van der Waals surface area contributed by atoms with Crippen molar-refractivity contribution in [2.75, 3.05) is 5.32 Å². The molecule has 34 heavy (non-hydrogen) atoms. The topological polar surface area (TPSA) is 100 Å². The van der Waals surface area contributed by atoms with Gasteiger partial charge in [0.05, 0.1) is 17.3 Å². The van der Waals surface area contributed by atoms with Gasteiger partial charge in [0.2, 0.25) is 5.95 Å². The lowest BCUT2D eigenvalue weighted by Crippen LogP contribution is -2.44. The van der Waals surface area contributed by atoms with E-state index in [1.807, 2.05) is 5.32 Å². The van der Waals surface area contributed by atoms with Crippen molar-refractivity contribution in [3.63, 3.8) is 0 Å². The zero-order valence-corrected chi connectivity index (χ0v) is 17.6. The summed E-state index contributed by atoms with van der Waals surface area (Å²) in [6.07, 6.45) is 0.904. The van der Waals surface area contributed by atoms with Crippen molar-refractivity contribution in [3.8, 4) is 11.1 Å². The highest BCUT2D eigenvalue weighted by atomic mass is 19.4. The van der Waals surface area contributed by atoms with Crippen LogP contribution in [0.1, 0.15) is 30.1 Å². The van der Waals surface area contributed by atoms with Crippen LogP contribution < -0.4 is 10.6 Å². The third-order valence-electron chi connectivity index (χ3n) is 5.77. The second kappa shape index (κ2) is 7.64. The zero-order valence-electron chi connectivity index (χ0n) is 17.6. The van der Waals surface area contributed by atoms with Crippen LogP contribution in [0, 0.1) is 0 Å². The number of hydrogen-bond donors (Lipinski definition) is 3. The summed E-state index contributed by atoms with van der Waals surface area (Å²) >= 11 is 0. The fraction of sp³-hybridized carbons (Fsp3) is 0.333. The van der Waals surface area contributed by atoms with Gasteiger partial charge in [-0.2, -0.15) is 23.3 Å². The van der Waals surface area contributed by atoms with Crippen molar-refractivity contribution in [2.45, 2.75) is 43.9 Å². The molecule has 1 aliphatic rings. The van der Waals surface area contributed by atoms with Crippen LogP contribution in [0.25, 0.3) is 27.7 Å². The van der Waals surface area contributed by atoms with E-state index < -0.39 is 30.1 Å². The number of carbonyl (C=O) groups excluding carboxylic acids is 1. The fourth-order valence-electron chi connectivity index (χ4n) is 3.84. The average molecular weight is 479 g/mol. The SMILES string of the molecule is CC(NC(=O)c1cnn2ccc(-c3c[nH]c4nc(NC5CC(F)(F)C5)ncc34)cc12)C(F)(F)F. The number of nitrogens with zero attached hydrogens (tertiary/aromatic N) is 4. The van der Waals surface area contributed by atoms with E-state index in [1.54, 1.807) is 30.7 Å². The number of halogens is 5. The van der Waals surface area contributed by atoms with Crippen LogP contribution in [0.3, 0.4) is 0 Å². The summed E-state index contributed by atoms with van der Waals surface area (Å²) in [5.74, 6) is -3.32. The van der Waals surface area contributed by atoms with Gasteiger partial charge in [-0.3, -0.25) is 4.79 Å². The highest BCUT2D eigenvalue weighted by Crippen LogP contribution is 2.39. The normalized spacial score (nSPS) is 17.0. The molecule has 0 spiro atoms. The number of aromatic nitrogens is 5. The number of anilines is 1. The number of hydrogen-bond acceptors (Lipinski definition) is 5. The van der Waals surface area contributed by atoms with Gasteiger partial charge in [-0.25, -0.2) is 18.3 Å². The number of pyridine rings is 1. The van der Waals surface area contributed by atoms with Crippen LogP contribution in [0.4, 0.5) is 27.9 Å². The van der Waals surface area contributed by atoms with Crippen LogP contribution in [0.5, 0.6) is 0 Å². The Morgan fingerprint density at radius 3 is 2.76 bits per heavy atom. The maximum absolute atomic E-state index is 13.0. The summed E-state index contributed by atoms with van der Waals surface area (Å²) < 4.78 is 66.0. The molecule has 3 N–H and O–H groups in total. The minimum Gasteiger partial charge on any atom is -0.351 e. The Labute approximate surface area is 188 Å². The van der Waals surface area contributed by atoms with E-state index >= 15 is 0 Å². The Bertz CT molecular complexity index is 1390. The number of alkyl halides is 5. The molecule has 1 atom stereocenters. The van der Waals surface area contributed by atoms with Gasteiger partial charge < -0.3 is 15.6 Å². The van der Waals surface area contributed by atoms with Crippen LogP contribution in [-0.4, -0.2) is 54.7 Å². The van der Waals surface area contributed by atoms with Crippen LogP contribution >= 0.6 is 0 Å². The van der Waals surface area contributed by atoms with Crippen LogP contribution in [0.2, 0.25) is 0 Å². The molecule has 8 nitrogen and oxygen atoms in total. The lowest BCUT2D eigenvalue weighted by Gasteiger charge is -2.35. The Balaban J connectivity index is 1.42. The number of H-pyrrole nitrogens is 1. The maximum Gasteiger partial charge on any atom is 0.408 e. The monoisotopic (exact) mass is 479 g/mol. The molecule has 1 aliphatic carbocycles. The van der Waals surface area contributed by atoms with Crippen molar-refractivity contribution >= 4 is 28.4 Å². The summed E-state index contributed by atoms with van der Waals surface area (Å²) in [5, 5.41) is 9.50. The van der Waals surface area contributed by atoms with Crippen LogP contribution in [-0.2, 0) is 0 Å². The molecule has 1 fully saturated rings. The number of rotatable bonds is 5. The van der Waals surface area contributed by atoms with E-state index in [1.165, 1.54) is 10.7 Å². The second-order valence-electron chi connectivity index (χ2n) is 8.30. The van der Waals surface area contributed by atoms with Crippen molar-refractivity contribution in [3.05, 3.63) is 42.5 Å². The largest absolute Gasteiger partial charge is 0.408 e. The highest BCUT2D eigenvalue weighted by Gasteiger charge is 2.45. The molecule has 1 amide bonds. The predicted molar refractivity (Wildman–Crippen MR) is 113 cm³/mol. The molecular weight excluding hydrogens is 461 g/mol. The fourth-order valence-corrected chi connectivity index (χ4v) is 3.84. The third-order valence-corrected chi connectivity index (χ3v) is 5.77. The first-order chi connectivity index (χ1) is 16.0. The molecule has 13 heteroatoms. The van der Waals surface area contributed by atoms with Gasteiger partial charge in [-0.15, -0.1) is 0 Å². The molecule has 4 aromatic heterocycles. The van der Waals surface area contributed by atoms with E-state index in [9.17, 15) is 26.7 Å². The number of fused-ring (bicyclic) bond motifs is 2. The lowest BCUT2D eigenvalue weighted by molar-refractivity contribution is -0.149. The zero-order chi connectivity index (χ0) is 24.3. The number of carbonyl (C=O) groups is 1. The molecule has 0 aromatic carbocycles. The summed E-state index contributed by atoms with van der Waals surface area (Å²) in [5.41, 5.74) is 2.14. The first-order valence-corrected chi connectivity index (χ1v) is 10.3. The Kier molecular flexibility index (Phi) is 4.95. The average Bonchev–Trinajstić information content (AvgIpc) is 3.35. The molecule has 1 saturated carbocycles. The minimum atomic E-state index is -4.57. The number of amides is 1. The summed E-state index contributed by atoms with van der Waals surface area (Å²) in [7, 11) is 0. The molecule has 0 radical (unpaired) electrons. The molecule has 5 rings (SSSR count). The van der Waals surface area contributed by atoms with Crippen LogP contribution in [0.15, 0.2) is 36.9 Å². The Morgan fingerprint density at radius 2 is 2.06 bits per heavy atom. The van der Waals surface area contributed by atoms with Gasteiger partial charge in [0.1, 0.15) is 11.7 Å². The Hall–Kier alpha value is -3.77. The molecule has 4 aromatic rings. The third kappa shape index (κ3) is 4.01. The van der Waals surface area contributed by atoms with Gasteiger partial charge in [-0.1, -0.05) is 0 Å². The summed E-state index contributed by atoms with van der Waals surface area (Å²) in [4.78, 5) is 24.0. The number of nitrogens with one attached hydrogen (secondary N) is 3. The van der Waals surface area contributed by atoms with Crippen molar-refractivity contribution in [1.29, 1.82) is 0 Å². The van der Waals surface area contributed by atoms with E-state index in [0.717, 1.165) is 6.92 Å². The predicted octanol–water partition coefficient (Wildman–Crippen LogP) is 4.16. The quantitative estimate of drug-likeness (QED) is 0.373. The first kappa shape index (κ1) is 22.0. The first-order valence-electron chi connectivity index (χ1n) is 10.3. The lowest BCUT2D eigenvalue weighted by atomic mass is 9.88. The van der Waals surface area contributed by atoms with E-state index in [0.29, 0.717) is 27.7 Å². The molecule has 1 unspecified atom stereocenters. The molecule has 0 bridgehead atoms. The van der Waals surface area contributed by atoms with Crippen molar-refractivity contribution < 1.29 is 26.7 Å². The van der Waals surface area contributed by atoms with Gasteiger partial charge >= 0.3 is 6.18 Å². The molecule has 178 valence electrons.